The predicted molar refractivity (Wildman–Crippen MR) is 76.9 cm³/mol. The molecule has 1 aliphatic carbocycles. The molecule has 1 aromatic heterocycles. The van der Waals surface area contributed by atoms with Crippen LogP contribution in [0, 0.1) is 0 Å². The number of benzene rings is 1. The van der Waals surface area contributed by atoms with Crippen molar-refractivity contribution < 1.29 is 14.2 Å². The first-order chi connectivity index (χ1) is 9.35. The van der Waals surface area contributed by atoms with Gasteiger partial charge < -0.3 is 14.2 Å². The molecule has 0 bridgehead atoms. The third-order valence-corrected chi connectivity index (χ3v) is 3.83. The van der Waals surface area contributed by atoms with Crippen LogP contribution in [0.1, 0.15) is 37.7 Å². The molecule has 0 amide bonds. The van der Waals surface area contributed by atoms with Crippen LogP contribution < -0.4 is 5.66 Å². The molecular weight excluding hydrogens is 239 g/mol. The average Bonchev–Trinajstić information content (AvgIpc) is 2.88. The first kappa shape index (κ1) is 12.8. The van der Waals surface area contributed by atoms with Crippen molar-refractivity contribution in [3.8, 4) is 0 Å². The third-order valence-electron chi connectivity index (χ3n) is 3.83. The molecule has 19 heavy (non-hydrogen) atoms. The van der Waals surface area contributed by atoms with Crippen molar-refractivity contribution in [2.45, 2.75) is 44.8 Å². The molecular formula is C15H19BO3. The molecule has 3 rings (SSSR count). The molecule has 0 unspecified atom stereocenters. The van der Waals surface area contributed by atoms with Crippen LogP contribution in [0.4, 0.5) is 0 Å². The second-order valence-corrected chi connectivity index (χ2v) is 5.31. The van der Waals surface area contributed by atoms with Gasteiger partial charge in [-0.3, -0.25) is 0 Å². The topological polar surface area (TPSA) is 42.6 Å². The minimum absolute atomic E-state index is 0.0530. The van der Waals surface area contributed by atoms with Gasteiger partial charge in [0.2, 0.25) is 0 Å². The van der Waals surface area contributed by atoms with Gasteiger partial charge >= 0.3 is 7.48 Å². The Balaban J connectivity index is 1.66. The zero-order valence-electron chi connectivity index (χ0n) is 11.1. The van der Waals surface area contributed by atoms with Crippen molar-refractivity contribution in [3.05, 3.63) is 29.8 Å². The summed E-state index contributed by atoms with van der Waals surface area (Å²) in [6.07, 6.45) is 6.77. The zero-order chi connectivity index (χ0) is 13.1. The Hall–Kier alpha value is -1.26. The van der Waals surface area contributed by atoms with Gasteiger partial charge in [0.1, 0.15) is 5.58 Å². The number of fused-ring (bicyclic) bond motifs is 1. The van der Waals surface area contributed by atoms with E-state index in [1.807, 2.05) is 18.2 Å². The number of ether oxygens (including phenoxy) is 1. The molecule has 1 saturated carbocycles. The fourth-order valence-corrected chi connectivity index (χ4v) is 2.76. The lowest BCUT2D eigenvalue weighted by Gasteiger charge is -2.21. The van der Waals surface area contributed by atoms with Gasteiger partial charge in [-0.15, -0.1) is 0 Å². The summed E-state index contributed by atoms with van der Waals surface area (Å²) < 4.78 is 11.4. The summed E-state index contributed by atoms with van der Waals surface area (Å²) in [5, 5.41) is 10.1. The Morgan fingerprint density at radius 2 is 2.05 bits per heavy atom. The zero-order valence-corrected chi connectivity index (χ0v) is 11.1. The monoisotopic (exact) mass is 258 g/mol. The normalized spacial score (nSPS) is 16.9. The van der Waals surface area contributed by atoms with E-state index in [2.05, 4.69) is 6.07 Å². The lowest BCUT2D eigenvalue weighted by molar-refractivity contribution is 0.0169. The fraction of sp³-hybridized carbons (Fsp3) is 0.467. The molecule has 0 atom stereocenters. The smallest absolute Gasteiger partial charge is 0.347 e. The summed E-state index contributed by atoms with van der Waals surface area (Å²) in [7, 11) is -0.0530. The SMILES string of the molecule is OBc1cc2cc(COC3CCCCC3)ccc2o1. The Morgan fingerprint density at radius 1 is 1.21 bits per heavy atom. The molecule has 0 saturated heterocycles. The number of rotatable bonds is 4. The minimum Gasteiger partial charge on any atom is -0.468 e. The van der Waals surface area contributed by atoms with E-state index < -0.39 is 0 Å². The molecule has 1 fully saturated rings. The van der Waals surface area contributed by atoms with Gasteiger partial charge in [0, 0.05) is 5.39 Å². The Bertz CT molecular complexity index is 543. The highest BCUT2D eigenvalue weighted by Crippen LogP contribution is 2.22. The van der Waals surface area contributed by atoms with Crippen molar-refractivity contribution in [2.75, 3.05) is 0 Å². The molecule has 1 N–H and O–H groups in total. The molecule has 0 aliphatic heterocycles. The largest absolute Gasteiger partial charge is 0.468 e. The van der Waals surface area contributed by atoms with Crippen LogP contribution in [-0.2, 0) is 11.3 Å². The summed E-state index contributed by atoms with van der Waals surface area (Å²) in [5.41, 5.74) is 2.61. The van der Waals surface area contributed by atoms with Crippen LogP contribution >= 0.6 is 0 Å². The van der Waals surface area contributed by atoms with E-state index in [0.29, 0.717) is 18.4 Å². The van der Waals surface area contributed by atoms with Gasteiger partial charge in [0.15, 0.2) is 0 Å². The minimum atomic E-state index is -0.0530. The maximum Gasteiger partial charge on any atom is 0.347 e. The van der Waals surface area contributed by atoms with Gasteiger partial charge in [-0.1, -0.05) is 25.3 Å². The van der Waals surface area contributed by atoms with E-state index in [0.717, 1.165) is 11.0 Å². The van der Waals surface area contributed by atoms with Crippen molar-refractivity contribution >= 4 is 24.1 Å². The maximum atomic E-state index is 9.06. The van der Waals surface area contributed by atoms with E-state index in [-0.39, 0.29) is 7.48 Å². The molecule has 0 radical (unpaired) electrons. The molecule has 100 valence electrons. The standard InChI is InChI=1S/C15H19BO3/c17-16-15-9-12-8-11(6-7-14(12)19-15)10-18-13-4-2-1-3-5-13/h6-9,13,16-17H,1-5,10H2. The molecule has 2 aromatic rings. The maximum absolute atomic E-state index is 9.06. The van der Waals surface area contributed by atoms with Gasteiger partial charge in [0.05, 0.1) is 18.4 Å². The summed E-state index contributed by atoms with van der Waals surface area (Å²) in [6, 6.07) is 7.96. The van der Waals surface area contributed by atoms with Crippen LogP contribution in [0.3, 0.4) is 0 Å². The summed E-state index contributed by atoms with van der Waals surface area (Å²) in [6.45, 7) is 0.667. The van der Waals surface area contributed by atoms with Crippen LogP contribution in [0.25, 0.3) is 11.0 Å². The summed E-state index contributed by atoms with van der Waals surface area (Å²) >= 11 is 0. The van der Waals surface area contributed by atoms with E-state index in [9.17, 15) is 0 Å². The quantitative estimate of drug-likeness (QED) is 0.855. The van der Waals surface area contributed by atoms with Gasteiger partial charge in [0.25, 0.3) is 0 Å². The molecule has 4 heteroatoms. The van der Waals surface area contributed by atoms with Crippen molar-refractivity contribution in [1.29, 1.82) is 0 Å². The van der Waals surface area contributed by atoms with Crippen LogP contribution in [0.5, 0.6) is 0 Å². The molecule has 3 nitrogen and oxygen atoms in total. The molecule has 1 heterocycles. The van der Waals surface area contributed by atoms with Crippen molar-refractivity contribution in [1.82, 2.24) is 0 Å². The Morgan fingerprint density at radius 3 is 2.84 bits per heavy atom. The summed E-state index contributed by atoms with van der Waals surface area (Å²) in [5.74, 6) is 0. The Kier molecular flexibility index (Phi) is 3.90. The van der Waals surface area contributed by atoms with E-state index in [1.54, 1.807) is 0 Å². The van der Waals surface area contributed by atoms with Crippen LogP contribution in [-0.4, -0.2) is 18.6 Å². The number of hydrogen-bond donors (Lipinski definition) is 1. The van der Waals surface area contributed by atoms with Crippen molar-refractivity contribution in [3.63, 3.8) is 0 Å². The molecule has 1 aromatic carbocycles. The highest BCUT2D eigenvalue weighted by atomic mass is 16.5. The van der Waals surface area contributed by atoms with Gasteiger partial charge in [-0.05, 0) is 36.6 Å². The first-order valence-electron chi connectivity index (χ1n) is 7.09. The fourth-order valence-electron chi connectivity index (χ4n) is 2.76. The van der Waals surface area contributed by atoms with Crippen LogP contribution in [0.15, 0.2) is 28.7 Å². The Labute approximate surface area is 113 Å². The van der Waals surface area contributed by atoms with E-state index in [4.69, 9.17) is 14.2 Å². The molecule has 1 aliphatic rings. The average molecular weight is 258 g/mol. The second-order valence-electron chi connectivity index (χ2n) is 5.31. The third kappa shape index (κ3) is 3.02. The van der Waals surface area contributed by atoms with Gasteiger partial charge in [-0.25, -0.2) is 0 Å². The van der Waals surface area contributed by atoms with Crippen LogP contribution in [0.2, 0.25) is 0 Å². The first-order valence-corrected chi connectivity index (χ1v) is 7.09. The molecule has 0 spiro atoms. The lowest BCUT2D eigenvalue weighted by atomic mass is 9.97. The summed E-state index contributed by atoms with van der Waals surface area (Å²) in [4.78, 5) is 0. The lowest BCUT2D eigenvalue weighted by Crippen LogP contribution is -2.16. The van der Waals surface area contributed by atoms with Crippen molar-refractivity contribution in [2.24, 2.45) is 0 Å². The second kappa shape index (κ2) is 5.80. The van der Waals surface area contributed by atoms with E-state index >= 15 is 0 Å². The highest BCUT2D eigenvalue weighted by Gasteiger charge is 2.13. The predicted octanol–water partition coefficient (Wildman–Crippen LogP) is 2.25. The van der Waals surface area contributed by atoms with E-state index in [1.165, 1.54) is 37.7 Å². The number of furan rings is 1. The van der Waals surface area contributed by atoms with Gasteiger partial charge in [-0.2, -0.15) is 0 Å². The highest BCUT2D eigenvalue weighted by molar-refractivity contribution is 6.44. The number of hydrogen-bond acceptors (Lipinski definition) is 3.